The summed E-state index contributed by atoms with van der Waals surface area (Å²) in [5.74, 6) is -0.537. The number of halogens is 3. The van der Waals surface area contributed by atoms with Crippen LogP contribution in [0.5, 0.6) is 0 Å². The van der Waals surface area contributed by atoms with E-state index in [0.29, 0.717) is 22.5 Å². The van der Waals surface area contributed by atoms with Crippen molar-refractivity contribution in [2.45, 2.75) is 0 Å². The zero-order valence-corrected chi connectivity index (χ0v) is 10.2. The number of pyridine rings is 1. The molecule has 7 heteroatoms. The van der Waals surface area contributed by atoms with Gasteiger partial charge in [0.25, 0.3) is 0 Å². The number of benzene rings is 1. The number of hydrogen-bond donors (Lipinski definition) is 2. The Morgan fingerprint density at radius 1 is 1.21 bits per heavy atom. The van der Waals surface area contributed by atoms with E-state index in [9.17, 15) is 8.78 Å². The fourth-order valence-electron chi connectivity index (χ4n) is 1.68. The van der Waals surface area contributed by atoms with Gasteiger partial charge in [0.2, 0.25) is 0 Å². The van der Waals surface area contributed by atoms with Crippen LogP contribution < -0.4 is 5.32 Å². The number of aromatic nitrogens is 3. The van der Waals surface area contributed by atoms with Gasteiger partial charge in [-0.2, -0.15) is 5.10 Å². The Balaban J connectivity index is 1.98. The summed E-state index contributed by atoms with van der Waals surface area (Å²) in [5, 5.41) is 9.57. The number of nitrogens with zero attached hydrogens (tertiary/aromatic N) is 2. The normalized spacial score (nSPS) is 10.9. The highest BCUT2D eigenvalue weighted by atomic mass is 35.5. The molecule has 0 spiro atoms. The maximum atomic E-state index is 13.0. The molecule has 3 aromatic rings. The van der Waals surface area contributed by atoms with E-state index in [1.54, 1.807) is 0 Å². The molecule has 0 amide bonds. The van der Waals surface area contributed by atoms with Crippen molar-refractivity contribution >= 4 is 34.1 Å². The largest absolute Gasteiger partial charge is 0.337 e. The minimum absolute atomic E-state index is 0.00356. The Kier molecular flexibility index (Phi) is 2.79. The summed E-state index contributed by atoms with van der Waals surface area (Å²) in [4.78, 5) is 3.94. The molecule has 0 aliphatic rings. The summed E-state index contributed by atoms with van der Waals surface area (Å²) >= 11 is 5.68. The van der Waals surface area contributed by atoms with E-state index in [1.165, 1.54) is 24.3 Å². The van der Waals surface area contributed by atoms with Crippen molar-refractivity contribution in [3.05, 3.63) is 47.1 Å². The molecule has 0 bridgehead atoms. The standard InChI is InChI=1S/C12H7ClF2N4/c13-8-4-7(1-2-9(8)15)17-12-11-10(18-19-12)3-6(14)5-16-11/h1-5H,(H2,17,18,19). The van der Waals surface area contributed by atoms with Gasteiger partial charge in [-0.1, -0.05) is 11.6 Å². The van der Waals surface area contributed by atoms with E-state index in [-0.39, 0.29) is 5.02 Å². The van der Waals surface area contributed by atoms with Crippen LogP contribution in [0.15, 0.2) is 30.5 Å². The zero-order chi connectivity index (χ0) is 13.4. The summed E-state index contributed by atoms with van der Waals surface area (Å²) in [7, 11) is 0. The monoisotopic (exact) mass is 280 g/mol. The molecule has 0 saturated carbocycles. The maximum absolute atomic E-state index is 13.0. The fourth-order valence-corrected chi connectivity index (χ4v) is 1.86. The van der Waals surface area contributed by atoms with Crippen LogP contribution in [0.25, 0.3) is 11.0 Å². The van der Waals surface area contributed by atoms with Crippen LogP contribution in [0.1, 0.15) is 0 Å². The van der Waals surface area contributed by atoms with Gasteiger partial charge in [-0.05, 0) is 18.2 Å². The predicted octanol–water partition coefficient (Wildman–Crippen LogP) is 3.63. The number of nitrogens with one attached hydrogen (secondary N) is 2. The summed E-state index contributed by atoms with van der Waals surface area (Å²) in [6.07, 6.45) is 1.10. The molecule has 4 nitrogen and oxygen atoms in total. The van der Waals surface area contributed by atoms with Crippen LogP contribution in [0.3, 0.4) is 0 Å². The van der Waals surface area contributed by atoms with Crippen molar-refractivity contribution in [3.63, 3.8) is 0 Å². The molecule has 2 heterocycles. The highest BCUT2D eigenvalue weighted by molar-refractivity contribution is 6.31. The summed E-state index contributed by atoms with van der Waals surface area (Å²) in [6, 6.07) is 5.48. The SMILES string of the molecule is Fc1cnc2c(Nc3ccc(F)c(Cl)c3)n[nH]c2c1. The lowest BCUT2D eigenvalue weighted by Crippen LogP contribution is -1.92. The van der Waals surface area contributed by atoms with Crippen molar-refractivity contribution in [1.82, 2.24) is 15.2 Å². The van der Waals surface area contributed by atoms with Gasteiger partial charge in [-0.3, -0.25) is 5.10 Å². The van der Waals surface area contributed by atoms with E-state index in [4.69, 9.17) is 11.6 Å². The molecule has 0 aliphatic heterocycles. The molecule has 2 aromatic heterocycles. The minimum Gasteiger partial charge on any atom is -0.337 e. The van der Waals surface area contributed by atoms with E-state index in [1.807, 2.05) is 0 Å². The number of rotatable bonds is 2. The van der Waals surface area contributed by atoms with Gasteiger partial charge in [-0.25, -0.2) is 13.8 Å². The van der Waals surface area contributed by atoms with Crippen LogP contribution in [-0.2, 0) is 0 Å². The van der Waals surface area contributed by atoms with Gasteiger partial charge in [0.1, 0.15) is 17.2 Å². The molecule has 0 atom stereocenters. The number of anilines is 2. The lowest BCUT2D eigenvalue weighted by Gasteiger charge is -2.04. The highest BCUT2D eigenvalue weighted by Crippen LogP contribution is 2.25. The lowest BCUT2D eigenvalue weighted by molar-refractivity contribution is 0.624. The summed E-state index contributed by atoms with van der Waals surface area (Å²) in [5.41, 5.74) is 1.52. The second kappa shape index (κ2) is 4.47. The zero-order valence-electron chi connectivity index (χ0n) is 9.42. The Labute approximate surface area is 111 Å². The van der Waals surface area contributed by atoms with Crippen LogP contribution in [-0.4, -0.2) is 15.2 Å². The van der Waals surface area contributed by atoms with Gasteiger partial charge in [0.05, 0.1) is 16.7 Å². The second-order valence-electron chi connectivity index (χ2n) is 3.88. The lowest BCUT2D eigenvalue weighted by atomic mass is 10.3. The maximum Gasteiger partial charge on any atom is 0.178 e. The average molecular weight is 281 g/mol. The predicted molar refractivity (Wildman–Crippen MR) is 68.5 cm³/mol. The molecule has 3 rings (SSSR count). The molecule has 0 radical (unpaired) electrons. The first-order valence-corrected chi connectivity index (χ1v) is 5.73. The van der Waals surface area contributed by atoms with Crippen LogP contribution in [0.4, 0.5) is 20.3 Å². The Hall–Kier alpha value is -2.21. The average Bonchev–Trinajstić information content (AvgIpc) is 2.76. The first-order valence-electron chi connectivity index (χ1n) is 5.35. The van der Waals surface area contributed by atoms with Crippen molar-refractivity contribution in [3.8, 4) is 0 Å². The minimum atomic E-state index is -0.501. The highest BCUT2D eigenvalue weighted by Gasteiger charge is 2.09. The van der Waals surface area contributed by atoms with E-state index in [0.717, 1.165) is 6.20 Å². The Morgan fingerprint density at radius 3 is 2.84 bits per heavy atom. The third kappa shape index (κ3) is 2.22. The Morgan fingerprint density at radius 2 is 2.05 bits per heavy atom. The van der Waals surface area contributed by atoms with Gasteiger partial charge in [0.15, 0.2) is 5.82 Å². The second-order valence-corrected chi connectivity index (χ2v) is 4.28. The molecule has 0 saturated heterocycles. The first-order chi connectivity index (χ1) is 9.13. The number of aromatic amines is 1. The molecular formula is C12H7ClF2N4. The number of fused-ring (bicyclic) bond motifs is 1. The van der Waals surface area contributed by atoms with Gasteiger partial charge >= 0.3 is 0 Å². The van der Waals surface area contributed by atoms with Crippen LogP contribution in [0, 0.1) is 11.6 Å². The van der Waals surface area contributed by atoms with Gasteiger partial charge in [0, 0.05) is 11.8 Å². The quantitative estimate of drug-likeness (QED) is 0.753. The molecule has 0 aliphatic carbocycles. The van der Waals surface area contributed by atoms with Crippen LogP contribution in [0.2, 0.25) is 5.02 Å². The summed E-state index contributed by atoms with van der Waals surface area (Å²) in [6.45, 7) is 0. The third-order valence-corrected chi connectivity index (χ3v) is 2.84. The van der Waals surface area contributed by atoms with Crippen molar-refractivity contribution in [2.24, 2.45) is 0 Å². The smallest absolute Gasteiger partial charge is 0.178 e. The van der Waals surface area contributed by atoms with Crippen molar-refractivity contribution < 1.29 is 8.78 Å². The van der Waals surface area contributed by atoms with E-state index < -0.39 is 11.6 Å². The van der Waals surface area contributed by atoms with Gasteiger partial charge in [-0.15, -0.1) is 0 Å². The van der Waals surface area contributed by atoms with Crippen LogP contribution >= 0.6 is 11.6 Å². The molecule has 1 aromatic carbocycles. The summed E-state index contributed by atoms with van der Waals surface area (Å²) < 4.78 is 26.0. The van der Waals surface area contributed by atoms with Gasteiger partial charge < -0.3 is 5.32 Å². The van der Waals surface area contributed by atoms with Crippen molar-refractivity contribution in [2.75, 3.05) is 5.32 Å². The molecule has 0 fully saturated rings. The fraction of sp³-hybridized carbons (Fsp3) is 0. The third-order valence-electron chi connectivity index (χ3n) is 2.55. The Bertz CT molecular complexity index is 757. The van der Waals surface area contributed by atoms with E-state index >= 15 is 0 Å². The van der Waals surface area contributed by atoms with Crippen molar-refractivity contribution in [1.29, 1.82) is 0 Å². The number of hydrogen-bond acceptors (Lipinski definition) is 3. The molecule has 96 valence electrons. The first kappa shape index (κ1) is 11.9. The topological polar surface area (TPSA) is 53.6 Å². The van der Waals surface area contributed by atoms with E-state index in [2.05, 4.69) is 20.5 Å². The molecule has 2 N–H and O–H groups in total. The molecular weight excluding hydrogens is 274 g/mol. The number of H-pyrrole nitrogens is 1. The molecule has 0 unspecified atom stereocenters. The molecule has 19 heavy (non-hydrogen) atoms.